The Labute approximate surface area is 104 Å². The maximum absolute atomic E-state index is 9.99. The highest BCUT2D eigenvalue weighted by molar-refractivity contribution is 6.48. The minimum Gasteiger partial charge on any atom is -0.427 e. The Bertz CT molecular complexity index is 397. The van der Waals surface area contributed by atoms with Crippen molar-refractivity contribution >= 4 is 18.6 Å². The van der Waals surface area contributed by atoms with Gasteiger partial charge in [-0.2, -0.15) is 0 Å². The number of rotatable bonds is 4. The Kier molecular flexibility index (Phi) is 4.02. The molecule has 0 unspecified atom stereocenters. The average molecular weight is 235 g/mol. The maximum atomic E-state index is 9.99. The summed E-state index contributed by atoms with van der Waals surface area (Å²) in [6.45, 7) is 9.23. The molecule has 1 aromatic rings. The van der Waals surface area contributed by atoms with Crippen LogP contribution in [0, 0.1) is 6.92 Å². The Morgan fingerprint density at radius 1 is 1.24 bits per heavy atom. The maximum Gasteiger partial charge on any atom is 0.331 e. The van der Waals surface area contributed by atoms with Gasteiger partial charge in [-0.3, -0.25) is 0 Å². The van der Waals surface area contributed by atoms with Gasteiger partial charge >= 0.3 is 7.48 Å². The van der Waals surface area contributed by atoms with Gasteiger partial charge in [0.2, 0.25) is 0 Å². The van der Waals surface area contributed by atoms with Gasteiger partial charge in [0.15, 0.2) is 0 Å². The molecule has 0 saturated heterocycles. The Morgan fingerprint density at radius 3 is 2.35 bits per heavy atom. The first kappa shape index (κ1) is 14.2. The molecule has 0 atom stereocenters. The van der Waals surface area contributed by atoms with Gasteiger partial charge in [0.25, 0.3) is 0 Å². The quantitative estimate of drug-likeness (QED) is 0.754. The highest BCUT2D eigenvalue weighted by atomic mass is 16.5. The van der Waals surface area contributed by atoms with Gasteiger partial charge in [-0.25, -0.2) is 0 Å². The second kappa shape index (κ2) is 4.80. The summed E-state index contributed by atoms with van der Waals surface area (Å²) in [5.41, 5.74) is 5.48. The summed E-state index contributed by atoms with van der Waals surface area (Å²) >= 11 is 0. The van der Waals surface area contributed by atoms with E-state index in [9.17, 15) is 5.11 Å². The van der Waals surface area contributed by atoms with Crippen LogP contribution >= 0.6 is 0 Å². The van der Waals surface area contributed by atoms with Crippen molar-refractivity contribution < 1.29 is 15.5 Å². The molecule has 4 N–H and O–H groups in total. The third-order valence-corrected chi connectivity index (χ3v) is 3.44. The third-order valence-electron chi connectivity index (χ3n) is 3.44. The van der Waals surface area contributed by atoms with Crippen LogP contribution in [-0.2, 0) is 4.65 Å². The molecule has 0 saturated carbocycles. The summed E-state index contributed by atoms with van der Waals surface area (Å²) in [4.78, 5) is 0. The number of hydrogen-bond acceptors (Lipinski definition) is 2. The highest BCUT2D eigenvalue weighted by Gasteiger charge is 2.35. The van der Waals surface area contributed by atoms with Gasteiger partial charge in [0.05, 0.1) is 11.2 Å². The van der Waals surface area contributed by atoms with E-state index in [4.69, 9.17) is 4.65 Å². The normalized spacial score (nSPS) is 12.6. The van der Waals surface area contributed by atoms with E-state index < -0.39 is 11.2 Å². The van der Waals surface area contributed by atoms with E-state index >= 15 is 0 Å². The second-order valence-corrected chi connectivity index (χ2v) is 5.44. The van der Waals surface area contributed by atoms with E-state index in [1.54, 1.807) is 21.3 Å². The molecule has 0 heterocycles. The minimum absolute atomic E-state index is 0.642. The summed E-state index contributed by atoms with van der Waals surface area (Å²) < 4.78 is 5.71. The van der Waals surface area contributed by atoms with Crippen molar-refractivity contribution in [3.05, 3.63) is 23.8 Å². The molecule has 0 spiro atoms. The fourth-order valence-electron chi connectivity index (χ4n) is 1.19. The van der Waals surface area contributed by atoms with Gasteiger partial charge in [-0.05, 0) is 46.1 Å². The Hall–Kier alpha value is -0.835. The molecule has 0 bridgehead atoms. The first-order valence-corrected chi connectivity index (χ1v) is 5.80. The fourth-order valence-corrected chi connectivity index (χ4v) is 1.19. The van der Waals surface area contributed by atoms with E-state index in [1.807, 2.05) is 39.0 Å². The smallest absolute Gasteiger partial charge is 0.331 e. The molecule has 4 heteroatoms. The van der Waals surface area contributed by atoms with Gasteiger partial charge < -0.3 is 15.5 Å². The lowest BCUT2D eigenvalue weighted by atomic mass is 9.80. The molecular formula is C13H22BNO2+. The van der Waals surface area contributed by atoms with Gasteiger partial charge in [-0.1, -0.05) is 12.1 Å². The number of benzene rings is 1. The molecule has 1 radical (unpaired) electrons. The van der Waals surface area contributed by atoms with Crippen molar-refractivity contribution in [3.63, 3.8) is 0 Å². The van der Waals surface area contributed by atoms with Crippen LogP contribution in [0.25, 0.3) is 0 Å². The molecule has 1 aromatic carbocycles. The van der Waals surface area contributed by atoms with Gasteiger partial charge in [-0.15, -0.1) is 0 Å². The molecule has 93 valence electrons. The zero-order valence-corrected chi connectivity index (χ0v) is 11.4. The topological polar surface area (TPSA) is 57.1 Å². The molecule has 0 aliphatic carbocycles. The summed E-state index contributed by atoms with van der Waals surface area (Å²) in [6.07, 6.45) is 0. The predicted octanol–water partition coefficient (Wildman–Crippen LogP) is 0.679. The SMILES string of the molecule is Cc1c([NH3+])cccc1[B]OC(C)(C)C(C)(C)O. The first-order valence-electron chi connectivity index (χ1n) is 5.80. The molecule has 17 heavy (non-hydrogen) atoms. The van der Waals surface area contributed by atoms with E-state index in [-0.39, 0.29) is 0 Å². The summed E-state index contributed by atoms with van der Waals surface area (Å²) in [6, 6.07) is 5.89. The van der Waals surface area contributed by atoms with Crippen molar-refractivity contribution in [2.24, 2.45) is 0 Å². The van der Waals surface area contributed by atoms with E-state index in [0.29, 0.717) is 0 Å². The molecule has 0 fully saturated rings. The van der Waals surface area contributed by atoms with Gasteiger partial charge in [0.1, 0.15) is 5.69 Å². The van der Waals surface area contributed by atoms with Crippen LogP contribution in [-0.4, -0.2) is 23.8 Å². The number of aliphatic hydroxyl groups is 1. The van der Waals surface area contributed by atoms with Crippen LogP contribution in [0.4, 0.5) is 5.69 Å². The van der Waals surface area contributed by atoms with Gasteiger partial charge in [0, 0.05) is 5.56 Å². The van der Waals surface area contributed by atoms with Crippen molar-refractivity contribution in [1.82, 2.24) is 0 Å². The van der Waals surface area contributed by atoms with E-state index in [1.165, 1.54) is 0 Å². The molecular weight excluding hydrogens is 213 g/mol. The van der Waals surface area contributed by atoms with Crippen molar-refractivity contribution in [3.8, 4) is 0 Å². The fraction of sp³-hybridized carbons (Fsp3) is 0.538. The van der Waals surface area contributed by atoms with Crippen LogP contribution in [0.1, 0.15) is 33.3 Å². The summed E-state index contributed by atoms with van der Waals surface area (Å²) in [5, 5.41) is 9.99. The molecule has 0 aromatic heterocycles. The van der Waals surface area contributed by atoms with Crippen LogP contribution in [0.15, 0.2) is 18.2 Å². The monoisotopic (exact) mass is 235 g/mol. The lowest BCUT2D eigenvalue weighted by Crippen LogP contribution is -2.50. The lowest BCUT2D eigenvalue weighted by molar-refractivity contribution is -0.255. The first-order chi connectivity index (χ1) is 7.65. The lowest BCUT2D eigenvalue weighted by Gasteiger charge is -2.37. The highest BCUT2D eigenvalue weighted by Crippen LogP contribution is 2.24. The molecule has 0 amide bonds. The third kappa shape index (κ3) is 3.31. The summed E-state index contributed by atoms with van der Waals surface area (Å²) in [7, 11) is 1.70. The van der Waals surface area contributed by atoms with Crippen LogP contribution < -0.4 is 11.2 Å². The van der Waals surface area contributed by atoms with Crippen molar-refractivity contribution in [1.29, 1.82) is 0 Å². The molecule has 0 aliphatic heterocycles. The summed E-state index contributed by atoms with van der Waals surface area (Å²) in [5.74, 6) is 0. The van der Waals surface area contributed by atoms with Crippen molar-refractivity contribution in [2.75, 3.05) is 0 Å². The second-order valence-electron chi connectivity index (χ2n) is 5.44. The Balaban J connectivity index is 2.78. The van der Waals surface area contributed by atoms with E-state index in [2.05, 4.69) is 5.73 Å². The molecule has 3 nitrogen and oxygen atoms in total. The minimum atomic E-state index is -0.903. The number of quaternary nitrogens is 1. The van der Waals surface area contributed by atoms with Crippen LogP contribution in [0.2, 0.25) is 0 Å². The standard InChI is InChI=1S/C13H21BNO2/c1-9-10(7-6-8-11(9)15)14-17-13(4,5)12(2,3)16/h6-8,16H,15H2,1-5H3/p+1. The van der Waals surface area contributed by atoms with E-state index in [0.717, 1.165) is 16.7 Å². The Morgan fingerprint density at radius 2 is 1.82 bits per heavy atom. The predicted molar refractivity (Wildman–Crippen MR) is 70.6 cm³/mol. The molecule has 0 aliphatic rings. The van der Waals surface area contributed by atoms with Crippen LogP contribution in [0.5, 0.6) is 0 Å². The van der Waals surface area contributed by atoms with Crippen molar-refractivity contribution in [2.45, 2.75) is 45.8 Å². The zero-order chi connectivity index (χ0) is 13.3. The van der Waals surface area contributed by atoms with Crippen LogP contribution in [0.3, 0.4) is 0 Å². The zero-order valence-electron chi connectivity index (χ0n) is 11.4. The average Bonchev–Trinajstić information content (AvgIpc) is 2.18. The largest absolute Gasteiger partial charge is 0.427 e. The number of hydrogen-bond donors (Lipinski definition) is 2. The molecule has 1 rings (SSSR count).